The van der Waals surface area contributed by atoms with Crippen molar-refractivity contribution in [1.82, 2.24) is 5.32 Å². The smallest absolute Gasteiger partial charge is 0.253 e. The van der Waals surface area contributed by atoms with Gasteiger partial charge in [-0.1, -0.05) is 28.1 Å². The van der Waals surface area contributed by atoms with Gasteiger partial charge >= 0.3 is 0 Å². The zero-order chi connectivity index (χ0) is 15.6. The highest BCUT2D eigenvalue weighted by Crippen LogP contribution is 2.20. The van der Waals surface area contributed by atoms with Gasteiger partial charge in [-0.3, -0.25) is 4.79 Å². The third-order valence-corrected chi connectivity index (χ3v) is 3.58. The number of anilines is 1. The lowest BCUT2D eigenvalue weighted by Crippen LogP contribution is -2.27. The van der Waals surface area contributed by atoms with Gasteiger partial charge < -0.3 is 11.1 Å². The zero-order valence-corrected chi connectivity index (χ0v) is 12.7. The minimum atomic E-state index is -1.11. The SMILES string of the molecule is C[C@H](NC(=O)c1cc(F)c(F)cc1N)c1ccc(Br)cc1. The molecule has 0 aromatic heterocycles. The zero-order valence-electron chi connectivity index (χ0n) is 11.2. The van der Waals surface area contributed by atoms with Gasteiger partial charge in [0.1, 0.15) is 0 Å². The Hall–Kier alpha value is -1.95. The van der Waals surface area contributed by atoms with E-state index in [1.807, 2.05) is 24.3 Å². The van der Waals surface area contributed by atoms with Crippen molar-refractivity contribution in [2.45, 2.75) is 13.0 Å². The van der Waals surface area contributed by atoms with Gasteiger partial charge in [0, 0.05) is 16.2 Å². The molecule has 0 unspecified atom stereocenters. The standard InChI is InChI=1S/C15H13BrF2N2O/c1-8(9-2-4-10(16)5-3-9)20-15(21)11-6-12(17)13(18)7-14(11)19/h2-8H,19H2,1H3,(H,20,21)/t8-/m0/s1. The van der Waals surface area contributed by atoms with Crippen molar-refractivity contribution in [3.8, 4) is 0 Å². The van der Waals surface area contributed by atoms with Gasteiger partial charge in [0.05, 0.1) is 11.6 Å². The maximum absolute atomic E-state index is 13.2. The van der Waals surface area contributed by atoms with Gasteiger partial charge in [-0.2, -0.15) is 0 Å². The fourth-order valence-electron chi connectivity index (χ4n) is 1.87. The number of carbonyl (C=O) groups is 1. The third kappa shape index (κ3) is 3.58. The molecule has 21 heavy (non-hydrogen) atoms. The first-order valence-electron chi connectivity index (χ1n) is 6.19. The van der Waals surface area contributed by atoms with E-state index in [4.69, 9.17) is 5.73 Å². The van der Waals surface area contributed by atoms with Crippen molar-refractivity contribution in [2.75, 3.05) is 5.73 Å². The first kappa shape index (κ1) is 15.4. The molecule has 1 atom stereocenters. The Kier molecular flexibility index (Phi) is 4.57. The van der Waals surface area contributed by atoms with E-state index in [0.29, 0.717) is 0 Å². The van der Waals surface area contributed by atoms with Crippen LogP contribution in [0.25, 0.3) is 0 Å². The van der Waals surface area contributed by atoms with Crippen LogP contribution < -0.4 is 11.1 Å². The molecular weight excluding hydrogens is 342 g/mol. The normalized spacial score (nSPS) is 12.0. The summed E-state index contributed by atoms with van der Waals surface area (Å²) in [4.78, 5) is 12.1. The van der Waals surface area contributed by atoms with Crippen LogP contribution in [0.3, 0.4) is 0 Å². The average molecular weight is 355 g/mol. The van der Waals surface area contributed by atoms with Gasteiger partial charge in [0.25, 0.3) is 5.91 Å². The van der Waals surface area contributed by atoms with Crippen LogP contribution in [-0.4, -0.2) is 5.91 Å². The fraction of sp³-hybridized carbons (Fsp3) is 0.133. The predicted molar refractivity (Wildman–Crippen MR) is 80.8 cm³/mol. The predicted octanol–water partition coefficient (Wildman–Crippen LogP) is 3.80. The Morgan fingerprint density at radius 1 is 1.19 bits per heavy atom. The largest absolute Gasteiger partial charge is 0.398 e. The van der Waals surface area contributed by atoms with Crippen molar-refractivity contribution in [3.63, 3.8) is 0 Å². The summed E-state index contributed by atoms with van der Waals surface area (Å²) in [6.45, 7) is 1.79. The highest BCUT2D eigenvalue weighted by atomic mass is 79.9. The molecule has 0 saturated heterocycles. The van der Waals surface area contributed by atoms with Crippen LogP contribution in [-0.2, 0) is 0 Å². The van der Waals surface area contributed by atoms with Crippen molar-refractivity contribution >= 4 is 27.5 Å². The van der Waals surface area contributed by atoms with Crippen LogP contribution in [0.4, 0.5) is 14.5 Å². The maximum Gasteiger partial charge on any atom is 0.253 e. The van der Waals surface area contributed by atoms with Crippen LogP contribution >= 0.6 is 15.9 Å². The number of carbonyl (C=O) groups excluding carboxylic acids is 1. The molecule has 2 aromatic carbocycles. The molecule has 0 fully saturated rings. The van der Waals surface area contributed by atoms with E-state index < -0.39 is 17.5 Å². The number of nitrogens with two attached hydrogens (primary N) is 1. The summed E-state index contributed by atoms with van der Waals surface area (Å²) in [7, 11) is 0. The summed E-state index contributed by atoms with van der Waals surface area (Å²) in [5.41, 5.74) is 6.25. The van der Waals surface area contributed by atoms with E-state index in [-0.39, 0.29) is 17.3 Å². The molecule has 2 rings (SSSR count). The highest BCUT2D eigenvalue weighted by Gasteiger charge is 2.16. The van der Waals surface area contributed by atoms with Crippen LogP contribution in [0.5, 0.6) is 0 Å². The fourth-order valence-corrected chi connectivity index (χ4v) is 2.13. The molecule has 1 amide bonds. The number of hydrogen-bond acceptors (Lipinski definition) is 2. The van der Waals surface area contributed by atoms with Crippen LogP contribution in [0, 0.1) is 11.6 Å². The van der Waals surface area contributed by atoms with Gasteiger partial charge in [0.2, 0.25) is 0 Å². The number of rotatable bonds is 3. The highest BCUT2D eigenvalue weighted by molar-refractivity contribution is 9.10. The van der Waals surface area contributed by atoms with E-state index in [1.165, 1.54) is 0 Å². The Balaban J connectivity index is 2.18. The molecule has 6 heteroatoms. The molecule has 0 bridgehead atoms. The maximum atomic E-state index is 13.2. The van der Waals surface area contributed by atoms with E-state index in [0.717, 1.165) is 22.2 Å². The molecule has 0 radical (unpaired) electrons. The van der Waals surface area contributed by atoms with Gasteiger partial charge in [-0.25, -0.2) is 8.78 Å². The number of halogens is 3. The van der Waals surface area contributed by atoms with Gasteiger partial charge in [-0.05, 0) is 30.7 Å². The Bertz CT molecular complexity index is 674. The number of nitrogen functional groups attached to an aromatic ring is 1. The molecule has 0 aliphatic carbocycles. The lowest BCUT2D eigenvalue weighted by atomic mass is 10.1. The number of amides is 1. The van der Waals surface area contributed by atoms with Crippen molar-refractivity contribution in [2.24, 2.45) is 0 Å². The molecular formula is C15H13BrF2N2O. The summed E-state index contributed by atoms with van der Waals surface area (Å²) in [5.74, 6) is -2.74. The molecule has 0 aliphatic heterocycles. The lowest BCUT2D eigenvalue weighted by Gasteiger charge is -2.15. The Morgan fingerprint density at radius 3 is 2.38 bits per heavy atom. The average Bonchev–Trinajstić information content (AvgIpc) is 2.43. The second-order valence-corrected chi connectivity index (χ2v) is 5.52. The number of nitrogens with one attached hydrogen (secondary N) is 1. The van der Waals surface area contributed by atoms with Crippen LogP contribution in [0.2, 0.25) is 0 Å². The molecule has 0 spiro atoms. The second-order valence-electron chi connectivity index (χ2n) is 4.60. The molecule has 0 heterocycles. The molecule has 3 nitrogen and oxygen atoms in total. The molecule has 110 valence electrons. The lowest BCUT2D eigenvalue weighted by molar-refractivity contribution is 0.0940. The summed E-state index contributed by atoms with van der Waals surface area (Å²) in [6.07, 6.45) is 0. The van der Waals surface area contributed by atoms with Crippen molar-refractivity contribution in [3.05, 3.63) is 63.6 Å². The molecule has 0 saturated carbocycles. The second kappa shape index (κ2) is 6.22. The summed E-state index contributed by atoms with van der Waals surface area (Å²) >= 11 is 3.33. The first-order chi connectivity index (χ1) is 9.88. The molecule has 3 N–H and O–H groups in total. The monoisotopic (exact) mass is 354 g/mol. The van der Waals surface area contributed by atoms with E-state index >= 15 is 0 Å². The van der Waals surface area contributed by atoms with Gasteiger partial charge in [0.15, 0.2) is 11.6 Å². The quantitative estimate of drug-likeness (QED) is 0.823. The Labute approximate surface area is 129 Å². The van der Waals surface area contributed by atoms with Gasteiger partial charge in [-0.15, -0.1) is 0 Å². The Morgan fingerprint density at radius 2 is 1.76 bits per heavy atom. The minimum absolute atomic E-state index is 0.0853. The molecule has 2 aromatic rings. The number of benzene rings is 2. The topological polar surface area (TPSA) is 55.1 Å². The van der Waals surface area contributed by atoms with E-state index in [2.05, 4.69) is 21.2 Å². The van der Waals surface area contributed by atoms with E-state index in [1.54, 1.807) is 6.92 Å². The summed E-state index contributed by atoms with van der Waals surface area (Å²) in [6, 6.07) is 8.71. The minimum Gasteiger partial charge on any atom is -0.398 e. The van der Waals surface area contributed by atoms with Crippen LogP contribution in [0.15, 0.2) is 40.9 Å². The summed E-state index contributed by atoms with van der Waals surface area (Å²) < 4.78 is 27.1. The first-order valence-corrected chi connectivity index (χ1v) is 6.98. The molecule has 0 aliphatic rings. The van der Waals surface area contributed by atoms with Crippen molar-refractivity contribution < 1.29 is 13.6 Å². The number of hydrogen-bond donors (Lipinski definition) is 2. The third-order valence-electron chi connectivity index (χ3n) is 3.05. The van der Waals surface area contributed by atoms with E-state index in [9.17, 15) is 13.6 Å². The van der Waals surface area contributed by atoms with Crippen LogP contribution in [0.1, 0.15) is 28.9 Å². The van der Waals surface area contributed by atoms with Crippen molar-refractivity contribution in [1.29, 1.82) is 0 Å². The summed E-state index contributed by atoms with van der Waals surface area (Å²) in [5, 5.41) is 2.70.